The highest BCUT2D eigenvalue weighted by Gasteiger charge is 2.09. The van der Waals surface area contributed by atoms with E-state index >= 15 is 0 Å². The summed E-state index contributed by atoms with van der Waals surface area (Å²) in [6.07, 6.45) is 0. The molecule has 0 N–H and O–H groups in total. The first-order valence-electron chi connectivity index (χ1n) is 3.48. The fourth-order valence-electron chi connectivity index (χ4n) is 0.748. The van der Waals surface area contributed by atoms with Crippen LogP contribution in [-0.4, -0.2) is 14.2 Å². The highest BCUT2D eigenvalue weighted by atomic mass is 79.9. The van der Waals surface area contributed by atoms with Gasteiger partial charge in [0.05, 0.1) is 9.54 Å². The van der Waals surface area contributed by atoms with Gasteiger partial charge in [0.15, 0.2) is 9.84 Å². The van der Waals surface area contributed by atoms with E-state index < -0.39 is 9.84 Å². The van der Waals surface area contributed by atoms with Gasteiger partial charge in [-0.2, -0.15) is 0 Å². The number of thiophene rings is 1. The molecule has 0 aliphatic carbocycles. The maximum atomic E-state index is 11.2. The second kappa shape index (κ2) is 3.89. The van der Waals surface area contributed by atoms with Crippen LogP contribution in [0.1, 0.15) is 11.8 Å². The first-order valence-corrected chi connectivity index (χ1v) is 6.91. The number of sulfone groups is 1. The van der Waals surface area contributed by atoms with E-state index in [1.165, 1.54) is 11.3 Å². The summed E-state index contributed by atoms with van der Waals surface area (Å²) in [4.78, 5) is 0.892. The van der Waals surface area contributed by atoms with Crippen molar-refractivity contribution in [1.82, 2.24) is 0 Å². The van der Waals surface area contributed by atoms with Gasteiger partial charge in [0.2, 0.25) is 0 Å². The Morgan fingerprint density at radius 1 is 1.50 bits per heavy atom. The molecule has 0 amide bonds. The third-order valence-corrected chi connectivity index (χ3v) is 4.87. The fourth-order valence-corrected chi connectivity index (χ4v) is 3.53. The van der Waals surface area contributed by atoms with Crippen LogP contribution in [0.5, 0.6) is 0 Å². The molecule has 0 aliphatic rings. The van der Waals surface area contributed by atoms with Crippen LogP contribution >= 0.6 is 27.3 Å². The molecule has 0 unspecified atom stereocenters. The lowest BCUT2D eigenvalue weighted by molar-refractivity contribution is 0.597. The highest BCUT2D eigenvalue weighted by molar-refractivity contribution is 9.11. The summed E-state index contributed by atoms with van der Waals surface area (Å²) in [6, 6.07) is 3.70. The number of hydrogen-bond donors (Lipinski definition) is 0. The van der Waals surface area contributed by atoms with E-state index in [9.17, 15) is 8.42 Å². The Kier molecular flexibility index (Phi) is 3.31. The molecule has 1 rings (SSSR count). The molecular weight excluding hydrogens is 260 g/mol. The van der Waals surface area contributed by atoms with Gasteiger partial charge in [0, 0.05) is 10.6 Å². The molecule has 0 bridgehead atoms. The standard InChI is InChI=1S/C7H9BrO2S2/c1-2-12(9,10)5-6-3-4-7(8)11-6/h3-4H,2,5H2,1H3. The lowest BCUT2D eigenvalue weighted by Gasteiger charge is -1.96. The van der Waals surface area contributed by atoms with Crippen molar-refractivity contribution in [3.63, 3.8) is 0 Å². The smallest absolute Gasteiger partial charge is 0.154 e. The summed E-state index contributed by atoms with van der Waals surface area (Å²) in [5, 5.41) is 0. The Morgan fingerprint density at radius 3 is 2.58 bits per heavy atom. The van der Waals surface area contributed by atoms with Crippen molar-refractivity contribution in [2.45, 2.75) is 12.7 Å². The van der Waals surface area contributed by atoms with Crippen LogP contribution in [0.15, 0.2) is 15.9 Å². The van der Waals surface area contributed by atoms with Crippen molar-refractivity contribution >= 4 is 37.1 Å². The molecule has 1 heterocycles. The molecule has 0 aliphatic heterocycles. The van der Waals surface area contributed by atoms with Crippen LogP contribution in [0.25, 0.3) is 0 Å². The van der Waals surface area contributed by atoms with Gasteiger partial charge < -0.3 is 0 Å². The largest absolute Gasteiger partial charge is 0.228 e. The number of halogens is 1. The summed E-state index contributed by atoms with van der Waals surface area (Å²) in [7, 11) is -2.87. The minimum atomic E-state index is -2.87. The zero-order chi connectivity index (χ0) is 9.19. The molecule has 0 spiro atoms. The average Bonchev–Trinajstić information content (AvgIpc) is 2.35. The summed E-state index contributed by atoms with van der Waals surface area (Å²) < 4.78 is 23.3. The monoisotopic (exact) mass is 268 g/mol. The Morgan fingerprint density at radius 2 is 2.17 bits per heavy atom. The Labute approximate surface area is 84.7 Å². The van der Waals surface area contributed by atoms with Crippen molar-refractivity contribution in [3.05, 3.63) is 20.8 Å². The molecule has 1 aromatic heterocycles. The first-order chi connectivity index (χ1) is 5.53. The van der Waals surface area contributed by atoms with E-state index in [2.05, 4.69) is 15.9 Å². The normalized spacial score (nSPS) is 11.8. The van der Waals surface area contributed by atoms with Gasteiger partial charge in [-0.05, 0) is 28.1 Å². The molecule has 0 saturated heterocycles. The van der Waals surface area contributed by atoms with Crippen molar-refractivity contribution < 1.29 is 8.42 Å². The summed E-state index contributed by atoms with van der Waals surface area (Å²) in [6.45, 7) is 1.66. The molecule has 0 aromatic carbocycles. The van der Waals surface area contributed by atoms with Gasteiger partial charge in [-0.15, -0.1) is 11.3 Å². The highest BCUT2D eigenvalue weighted by Crippen LogP contribution is 2.23. The molecule has 68 valence electrons. The SMILES string of the molecule is CCS(=O)(=O)Cc1ccc(Br)s1. The zero-order valence-corrected chi connectivity index (χ0v) is 9.80. The quantitative estimate of drug-likeness (QED) is 0.844. The lowest BCUT2D eigenvalue weighted by Crippen LogP contribution is -2.04. The van der Waals surface area contributed by atoms with Crippen LogP contribution in [0.4, 0.5) is 0 Å². The maximum Gasteiger partial charge on any atom is 0.154 e. The van der Waals surface area contributed by atoms with Gasteiger partial charge in [-0.3, -0.25) is 0 Å². The van der Waals surface area contributed by atoms with E-state index in [-0.39, 0.29) is 11.5 Å². The topological polar surface area (TPSA) is 34.1 Å². The fraction of sp³-hybridized carbons (Fsp3) is 0.429. The Hall–Kier alpha value is 0.130. The van der Waals surface area contributed by atoms with Gasteiger partial charge >= 0.3 is 0 Å². The van der Waals surface area contributed by atoms with Crippen LogP contribution in [0.2, 0.25) is 0 Å². The zero-order valence-electron chi connectivity index (χ0n) is 6.58. The molecule has 2 nitrogen and oxygen atoms in total. The third-order valence-electron chi connectivity index (χ3n) is 1.43. The summed E-state index contributed by atoms with van der Waals surface area (Å²) in [5.74, 6) is 0.377. The van der Waals surface area contributed by atoms with E-state index in [1.807, 2.05) is 12.1 Å². The van der Waals surface area contributed by atoms with Gasteiger partial charge in [-0.25, -0.2) is 8.42 Å². The number of hydrogen-bond acceptors (Lipinski definition) is 3. The van der Waals surface area contributed by atoms with Crippen LogP contribution in [0, 0.1) is 0 Å². The van der Waals surface area contributed by atoms with E-state index in [0.717, 1.165) is 8.66 Å². The molecule has 0 fully saturated rings. The van der Waals surface area contributed by atoms with E-state index in [1.54, 1.807) is 6.92 Å². The lowest BCUT2D eigenvalue weighted by atomic mass is 10.5. The van der Waals surface area contributed by atoms with E-state index in [0.29, 0.717) is 0 Å². The van der Waals surface area contributed by atoms with Crippen molar-refractivity contribution in [2.75, 3.05) is 5.75 Å². The minimum Gasteiger partial charge on any atom is -0.228 e. The molecule has 1 aromatic rings. The molecule has 0 atom stereocenters. The second-order valence-electron chi connectivity index (χ2n) is 2.38. The summed E-state index contributed by atoms with van der Waals surface area (Å²) >= 11 is 4.75. The Bertz CT molecular complexity index is 353. The van der Waals surface area contributed by atoms with Crippen molar-refractivity contribution in [2.24, 2.45) is 0 Å². The van der Waals surface area contributed by atoms with Crippen LogP contribution in [0.3, 0.4) is 0 Å². The molecule has 0 radical (unpaired) electrons. The van der Waals surface area contributed by atoms with Gasteiger partial charge in [0.25, 0.3) is 0 Å². The van der Waals surface area contributed by atoms with E-state index in [4.69, 9.17) is 0 Å². The van der Waals surface area contributed by atoms with Crippen molar-refractivity contribution in [3.8, 4) is 0 Å². The van der Waals surface area contributed by atoms with Crippen molar-refractivity contribution in [1.29, 1.82) is 0 Å². The molecule has 12 heavy (non-hydrogen) atoms. The maximum absolute atomic E-state index is 11.2. The molecular formula is C7H9BrO2S2. The first kappa shape index (κ1) is 10.2. The van der Waals surface area contributed by atoms with Crippen LogP contribution in [-0.2, 0) is 15.6 Å². The summed E-state index contributed by atoms with van der Waals surface area (Å²) in [5.41, 5.74) is 0. The third kappa shape index (κ3) is 2.88. The Balaban J connectivity index is 2.77. The van der Waals surface area contributed by atoms with Crippen LogP contribution < -0.4 is 0 Å². The predicted molar refractivity (Wildman–Crippen MR) is 55.2 cm³/mol. The van der Waals surface area contributed by atoms with Gasteiger partial charge in [-0.1, -0.05) is 6.92 Å². The minimum absolute atomic E-state index is 0.166. The van der Waals surface area contributed by atoms with Gasteiger partial charge in [0.1, 0.15) is 0 Å². The second-order valence-corrected chi connectivity index (χ2v) is 7.28. The molecule has 5 heteroatoms. The number of rotatable bonds is 3. The predicted octanol–water partition coefficient (Wildman–Crippen LogP) is 2.45. The average molecular weight is 269 g/mol. The molecule has 0 saturated carbocycles.